The molecule has 3 heteroatoms. The molecule has 0 aromatic carbocycles. The Balaban J connectivity index is 2.28. The molecule has 0 radical (unpaired) electrons. The summed E-state index contributed by atoms with van der Waals surface area (Å²) < 4.78 is 1.77. The molecule has 14 heavy (non-hydrogen) atoms. The van der Waals surface area contributed by atoms with Crippen molar-refractivity contribution in [1.29, 1.82) is 0 Å². The number of nitrogens with two attached hydrogens (primary N) is 1. The van der Waals surface area contributed by atoms with Gasteiger partial charge in [0.15, 0.2) is 0 Å². The van der Waals surface area contributed by atoms with Crippen molar-refractivity contribution < 1.29 is 0 Å². The van der Waals surface area contributed by atoms with E-state index in [0.29, 0.717) is 0 Å². The van der Waals surface area contributed by atoms with Crippen LogP contribution in [0.25, 0.3) is 0 Å². The fraction of sp³-hybridized carbons (Fsp3) is 0.727. The van der Waals surface area contributed by atoms with Crippen LogP contribution in [0, 0.1) is 0 Å². The Morgan fingerprint density at radius 1 is 1.36 bits per heavy atom. The predicted molar refractivity (Wildman–Crippen MR) is 58.1 cm³/mol. The molecule has 1 saturated carbocycles. The summed E-state index contributed by atoms with van der Waals surface area (Å²) in [5.41, 5.74) is 7.26. The molecule has 0 aliphatic heterocycles. The SMILES string of the molecule is Cn1nc(C2(C)CCCCC2)cc1N. The molecular formula is C11H19N3. The zero-order valence-corrected chi connectivity index (χ0v) is 9.08. The Morgan fingerprint density at radius 2 is 2.00 bits per heavy atom. The summed E-state index contributed by atoms with van der Waals surface area (Å²) >= 11 is 0. The smallest absolute Gasteiger partial charge is 0.121 e. The fourth-order valence-corrected chi connectivity index (χ4v) is 2.36. The highest BCUT2D eigenvalue weighted by Crippen LogP contribution is 2.38. The van der Waals surface area contributed by atoms with E-state index in [1.807, 2.05) is 13.1 Å². The molecule has 1 aromatic heterocycles. The highest BCUT2D eigenvalue weighted by Gasteiger charge is 2.31. The number of rotatable bonds is 1. The summed E-state index contributed by atoms with van der Waals surface area (Å²) in [7, 11) is 1.91. The van der Waals surface area contributed by atoms with Crippen molar-refractivity contribution in [2.45, 2.75) is 44.4 Å². The highest BCUT2D eigenvalue weighted by atomic mass is 15.3. The van der Waals surface area contributed by atoms with Gasteiger partial charge in [0.25, 0.3) is 0 Å². The van der Waals surface area contributed by atoms with Crippen LogP contribution >= 0.6 is 0 Å². The molecule has 1 fully saturated rings. The largest absolute Gasteiger partial charge is 0.384 e. The second kappa shape index (κ2) is 3.30. The average molecular weight is 193 g/mol. The normalized spacial score (nSPS) is 21.0. The molecule has 78 valence electrons. The molecule has 0 amide bonds. The van der Waals surface area contributed by atoms with Crippen molar-refractivity contribution in [3.8, 4) is 0 Å². The summed E-state index contributed by atoms with van der Waals surface area (Å²) in [4.78, 5) is 0. The van der Waals surface area contributed by atoms with Gasteiger partial charge in [-0.05, 0) is 12.8 Å². The van der Waals surface area contributed by atoms with Crippen LogP contribution in [-0.4, -0.2) is 9.78 Å². The topological polar surface area (TPSA) is 43.8 Å². The molecule has 0 atom stereocenters. The van der Waals surface area contributed by atoms with E-state index < -0.39 is 0 Å². The molecular weight excluding hydrogens is 174 g/mol. The first-order valence-corrected chi connectivity index (χ1v) is 5.42. The minimum Gasteiger partial charge on any atom is -0.384 e. The van der Waals surface area contributed by atoms with Crippen LogP contribution in [0.1, 0.15) is 44.7 Å². The quantitative estimate of drug-likeness (QED) is 0.743. The second-order valence-corrected chi connectivity index (χ2v) is 4.70. The van der Waals surface area contributed by atoms with E-state index >= 15 is 0 Å². The molecule has 0 saturated heterocycles. The van der Waals surface area contributed by atoms with Crippen LogP contribution in [0.5, 0.6) is 0 Å². The van der Waals surface area contributed by atoms with E-state index in [1.165, 1.54) is 37.8 Å². The van der Waals surface area contributed by atoms with Gasteiger partial charge < -0.3 is 5.73 Å². The summed E-state index contributed by atoms with van der Waals surface area (Å²) in [6.45, 7) is 2.31. The first-order chi connectivity index (χ1) is 6.62. The lowest BCUT2D eigenvalue weighted by atomic mass is 9.73. The van der Waals surface area contributed by atoms with Crippen LogP contribution < -0.4 is 5.73 Å². The predicted octanol–water partition coefficient (Wildman–Crippen LogP) is 2.22. The van der Waals surface area contributed by atoms with E-state index in [9.17, 15) is 0 Å². The van der Waals surface area contributed by atoms with E-state index in [1.54, 1.807) is 4.68 Å². The zero-order valence-electron chi connectivity index (χ0n) is 9.08. The third-order valence-electron chi connectivity index (χ3n) is 3.49. The Kier molecular flexibility index (Phi) is 2.25. The summed E-state index contributed by atoms with van der Waals surface area (Å²) in [5.74, 6) is 0.770. The molecule has 2 N–H and O–H groups in total. The van der Waals surface area contributed by atoms with Crippen molar-refractivity contribution in [3.63, 3.8) is 0 Å². The number of aromatic nitrogens is 2. The van der Waals surface area contributed by atoms with E-state index in [-0.39, 0.29) is 5.41 Å². The van der Waals surface area contributed by atoms with Crippen LogP contribution in [0.15, 0.2) is 6.07 Å². The van der Waals surface area contributed by atoms with Gasteiger partial charge in [-0.2, -0.15) is 5.10 Å². The van der Waals surface area contributed by atoms with Crippen LogP contribution in [0.2, 0.25) is 0 Å². The van der Waals surface area contributed by atoms with Gasteiger partial charge in [0.2, 0.25) is 0 Å². The number of hydrogen-bond acceptors (Lipinski definition) is 2. The maximum absolute atomic E-state index is 5.81. The van der Waals surface area contributed by atoms with Crippen LogP contribution in [-0.2, 0) is 12.5 Å². The monoisotopic (exact) mass is 193 g/mol. The molecule has 1 aromatic rings. The third kappa shape index (κ3) is 1.51. The standard InChI is InChI=1S/C11H19N3/c1-11(6-4-3-5-7-11)9-8-10(12)14(2)13-9/h8H,3-7,12H2,1-2H3. The van der Waals surface area contributed by atoms with Gasteiger partial charge in [-0.15, -0.1) is 0 Å². The van der Waals surface area contributed by atoms with Crippen molar-refractivity contribution in [2.75, 3.05) is 5.73 Å². The number of nitrogens with zero attached hydrogens (tertiary/aromatic N) is 2. The summed E-state index contributed by atoms with van der Waals surface area (Å²) in [6, 6.07) is 2.03. The molecule has 0 spiro atoms. The molecule has 0 unspecified atom stereocenters. The Morgan fingerprint density at radius 3 is 2.50 bits per heavy atom. The lowest BCUT2D eigenvalue weighted by Crippen LogP contribution is -2.25. The first kappa shape index (κ1) is 9.56. The van der Waals surface area contributed by atoms with Gasteiger partial charge in [0.1, 0.15) is 5.82 Å². The van der Waals surface area contributed by atoms with Gasteiger partial charge in [-0.25, -0.2) is 0 Å². The van der Waals surface area contributed by atoms with Gasteiger partial charge in [-0.3, -0.25) is 4.68 Å². The molecule has 1 heterocycles. The van der Waals surface area contributed by atoms with Crippen molar-refractivity contribution in [2.24, 2.45) is 7.05 Å². The minimum atomic E-state index is 0.271. The van der Waals surface area contributed by atoms with Gasteiger partial charge in [-0.1, -0.05) is 26.2 Å². The van der Waals surface area contributed by atoms with Crippen LogP contribution in [0.3, 0.4) is 0 Å². The number of aryl methyl sites for hydroxylation is 1. The van der Waals surface area contributed by atoms with Crippen LogP contribution in [0.4, 0.5) is 5.82 Å². The fourth-order valence-electron chi connectivity index (χ4n) is 2.36. The van der Waals surface area contributed by atoms with Gasteiger partial charge >= 0.3 is 0 Å². The van der Waals surface area contributed by atoms with Gasteiger partial charge in [0.05, 0.1) is 5.69 Å². The number of hydrogen-bond donors (Lipinski definition) is 1. The van der Waals surface area contributed by atoms with Crippen molar-refractivity contribution in [1.82, 2.24) is 9.78 Å². The van der Waals surface area contributed by atoms with Crippen molar-refractivity contribution in [3.05, 3.63) is 11.8 Å². The lowest BCUT2D eigenvalue weighted by molar-refractivity contribution is 0.310. The average Bonchev–Trinajstić information content (AvgIpc) is 2.49. The van der Waals surface area contributed by atoms with E-state index in [2.05, 4.69) is 12.0 Å². The Hall–Kier alpha value is -0.990. The Bertz CT molecular complexity index is 302. The molecule has 0 bridgehead atoms. The van der Waals surface area contributed by atoms with E-state index in [0.717, 1.165) is 5.82 Å². The Labute approximate surface area is 85.3 Å². The minimum absolute atomic E-state index is 0.271. The lowest BCUT2D eigenvalue weighted by Gasteiger charge is -2.31. The number of anilines is 1. The summed E-state index contributed by atoms with van der Waals surface area (Å²) in [6.07, 6.45) is 6.53. The molecule has 3 nitrogen and oxygen atoms in total. The second-order valence-electron chi connectivity index (χ2n) is 4.70. The molecule has 1 aliphatic rings. The highest BCUT2D eigenvalue weighted by molar-refractivity contribution is 5.34. The summed E-state index contributed by atoms with van der Waals surface area (Å²) in [5, 5.41) is 4.50. The zero-order chi connectivity index (χ0) is 10.2. The van der Waals surface area contributed by atoms with Crippen molar-refractivity contribution >= 4 is 5.82 Å². The van der Waals surface area contributed by atoms with E-state index in [4.69, 9.17) is 5.73 Å². The molecule has 1 aliphatic carbocycles. The third-order valence-corrected chi connectivity index (χ3v) is 3.49. The van der Waals surface area contributed by atoms with Gasteiger partial charge in [0, 0.05) is 18.5 Å². The maximum atomic E-state index is 5.81. The maximum Gasteiger partial charge on any atom is 0.121 e. The number of nitrogen functional groups attached to an aromatic ring is 1. The molecule has 2 rings (SSSR count). The first-order valence-electron chi connectivity index (χ1n) is 5.42.